The van der Waals surface area contributed by atoms with Gasteiger partial charge in [0.2, 0.25) is 10.0 Å². The first-order valence-corrected chi connectivity index (χ1v) is 15.8. The Hall–Kier alpha value is -4.58. The smallest absolute Gasteiger partial charge is 0.215 e. The van der Waals surface area contributed by atoms with E-state index in [2.05, 4.69) is 27.9 Å². The predicted octanol–water partition coefficient (Wildman–Crippen LogP) is 3.96. The summed E-state index contributed by atoms with van der Waals surface area (Å²) in [7, 11) is -1.85. The van der Waals surface area contributed by atoms with Crippen molar-refractivity contribution < 1.29 is 17.9 Å². The second kappa shape index (κ2) is 11.6. The van der Waals surface area contributed by atoms with Crippen LogP contribution in [-0.4, -0.2) is 73.0 Å². The van der Waals surface area contributed by atoms with Crippen LogP contribution in [0.5, 0.6) is 11.5 Å². The minimum absolute atomic E-state index is 0.0402. The molecule has 0 bridgehead atoms. The third-order valence-electron chi connectivity index (χ3n) is 7.89. The molecule has 0 radical (unpaired) electrons. The molecule has 43 heavy (non-hydrogen) atoms. The topological polar surface area (TPSA) is 113 Å². The molecule has 1 aromatic carbocycles. The van der Waals surface area contributed by atoms with Crippen molar-refractivity contribution in [1.29, 1.82) is 5.26 Å². The van der Waals surface area contributed by atoms with Crippen LogP contribution in [0, 0.1) is 28.6 Å². The second-order valence-corrected chi connectivity index (χ2v) is 12.8. The number of hydrogen-bond donors (Lipinski definition) is 0. The molecule has 2 fully saturated rings. The molecule has 11 heteroatoms. The molecule has 4 heterocycles. The number of sulfonamides is 1. The van der Waals surface area contributed by atoms with Crippen molar-refractivity contribution in [1.82, 2.24) is 18.9 Å². The Morgan fingerprint density at radius 1 is 1.05 bits per heavy atom. The predicted molar refractivity (Wildman–Crippen MR) is 163 cm³/mol. The SMILES string of the molecule is CCOc1cc(-c2ccc(N3CCN(S(=O)(=O)CC4(C#Cc5cccc(OC)c5)CC4)CC3)nc2)c2c(C#N)cnn2c1. The molecule has 10 nitrogen and oxygen atoms in total. The molecule has 0 N–H and O–H groups in total. The third-order valence-corrected chi connectivity index (χ3v) is 9.96. The van der Waals surface area contributed by atoms with Gasteiger partial charge in [-0.25, -0.2) is 17.9 Å². The fourth-order valence-corrected chi connectivity index (χ4v) is 7.34. The number of aromatic nitrogens is 3. The maximum Gasteiger partial charge on any atom is 0.215 e. The van der Waals surface area contributed by atoms with E-state index in [1.54, 1.807) is 34.5 Å². The van der Waals surface area contributed by atoms with E-state index in [1.165, 1.54) is 0 Å². The number of nitrogens with zero attached hydrogens (tertiary/aromatic N) is 6. The van der Waals surface area contributed by atoms with Gasteiger partial charge >= 0.3 is 0 Å². The lowest BCUT2D eigenvalue weighted by Crippen LogP contribution is -2.50. The number of nitriles is 1. The normalized spacial score (nSPS) is 16.3. The van der Waals surface area contributed by atoms with Gasteiger partial charge in [0.15, 0.2) is 0 Å². The molecule has 220 valence electrons. The summed E-state index contributed by atoms with van der Waals surface area (Å²) in [4.78, 5) is 6.79. The van der Waals surface area contributed by atoms with Crippen LogP contribution in [0.4, 0.5) is 5.82 Å². The Labute approximate surface area is 251 Å². The number of fused-ring (bicyclic) bond motifs is 1. The molecule has 1 saturated heterocycles. The van der Waals surface area contributed by atoms with Crippen LogP contribution < -0.4 is 14.4 Å². The van der Waals surface area contributed by atoms with Crippen molar-refractivity contribution in [2.75, 3.05) is 50.5 Å². The first-order chi connectivity index (χ1) is 20.8. The summed E-state index contributed by atoms with van der Waals surface area (Å²) in [5.74, 6) is 8.60. The van der Waals surface area contributed by atoms with Gasteiger partial charge in [-0.2, -0.15) is 14.7 Å². The molecule has 0 atom stereocenters. The Morgan fingerprint density at radius 3 is 2.53 bits per heavy atom. The summed E-state index contributed by atoms with van der Waals surface area (Å²) >= 11 is 0. The summed E-state index contributed by atoms with van der Waals surface area (Å²) in [6.07, 6.45) is 6.65. The van der Waals surface area contributed by atoms with E-state index in [4.69, 9.17) is 14.5 Å². The minimum atomic E-state index is -3.46. The van der Waals surface area contributed by atoms with Crippen molar-refractivity contribution in [3.05, 3.63) is 72.2 Å². The van der Waals surface area contributed by atoms with Crippen LogP contribution >= 0.6 is 0 Å². The molecule has 0 unspecified atom stereocenters. The van der Waals surface area contributed by atoms with Crippen molar-refractivity contribution >= 4 is 21.4 Å². The van der Waals surface area contributed by atoms with Crippen molar-refractivity contribution in [2.45, 2.75) is 19.8 Å². The summed E-state index contributed by atoms with van der Waals surface area (Å²) in [5, 5.41) is 13.9. The zero-order valence-corrected chi connectivity index (χ0v) is 25.0. The number of rotatable bonds is 8. The summed E-state index contributed by atoms with van der Waals surface area (Å²) in [6, 6.07) is 15.5. The molecule has 3 aromatic heterocycles. The zero-order valence-electron chi connectivity index (χ0n) is 24.2. The summed E-state index contributed by atoms with van der Waals surface area (Å²) in [5.41, 5.74) is 3.14. The van der Waals surface area contributed by atoms with Crippen LogP contribution in [0.25, 0.3) is 16.6 Å². The van der Waals surface area contributed by atoms with E-state index >= 15 is 0 Å². The Balaban J connectivity index is 1.12. The number of hydrogen-bond acceptors (Lipinski definition) is 8. The number of methoxy groups -OCH3 is 1. The lowest BCUT2D eigenvalue weighted by atomic mass is 10.1. The molecule has 4 aromatic rings. The van der Waals surface area contributed by atoms with E-state index in [0.29, 0.717) is 49.6 Å². The number of piperazine rings is 1. The van der Waals surface area contributed by atoms with Crippen molar-refractivity contribution in [2.24, 2.45) is 5.41 Å². The van der Waals surface area contributed by atoms with Crippen LogP contribution in [0.2, 0.25) is 0 Å². The van der Waals surface area contributed by atoms with E-state index in [0.717, 1.165) is 41.1 Å². The van der Waals surface area contributed by atoms with Gasteiger partial charge in [0.05, 0.1) is 42.9 Å². The fourth-order valence-electron chi connectivity index (χ4n) is 5.37. The number of benzene rings is 1. The lowest BCUT2D eigenvalue weighted by molar-refractivity contribution is 0.338. The third kappa shape index (κ3) is 6.00. The molecule has 6 rings (SSSR count). The molecular formula is C32H32N6O4S. The maximum atomic E-state index is 13.4. The first-order valence-electron chi connectivity index (χ1n) is 14.2. The minimum Gasteiger partial charge on any atom is -0.497 e. The Bertz CT molecular complexity index is 1860. The highest BCUT2D eigenvalue weighted by Gasteiger charge is 2.46. The van der Waals surface area contributed by atoms with Crippen LogP contribution in [-0.2, 0) is 10.0 Å². The van der Waals surface area contributed by atoms with Gasteiger partial charge < -0.3 is 14.4 Å². The van der Waals surface area contributed by atoms with Crippen molar-refractivity contribution in [3.63, 3.8) is 0 Å². The van der Waals surface area contributed by atoms with Crippen LogP contribution in [0.15, 0.2) is 61.1 Å². The van der Waals surface area contributed by atoms with Gasteiger partial charge in [0, 0.05) is 54.5 Å². The molecule has 1 aliphatic heterocycles. The van der Waals surface area contributed by atoms with E-state index < -0.39 is 15.4 Å². The Kier molecular flexibility index (Phi) is 7.70. The molecule has 0 spiro atoms. The molecule has 1 aliphatic carbocycles. The highest BCUT2D eigenvalue weighted by atomic mass is 32.2. The average molecular weight is 597 g/mol. The van der Waals surface area contributed by atoms with Crippen LogP contribution in [0.1, 0.15) is 30.9 Å². The van der Waals surface area contributed by atoms with E-state index in [1.807, 2.05) is 49.4 Å². The lowest BCUT2D eigenvalue weighted by Gasteiger charge is -2.35. The first kappa shape index (κ1) is 28.5. The van der Waals surface area contributed by atoms with Gasteiger partial charge in [-0.1, -0.05) is 17.9 Å². The van der Waals surface area contributed by atoms with Gasteiger partial charge in [0.25, 0.3) is 0 Å². The maximum absolute atomic E-state index is 13.4. The van der Waals surface area contributed by atoms with Crippen LogP contribution in [0.3, 0.4) is 0 Å². The number of pyridine rings is 2. The quantitative estimate of drug-likeness (QED) is 0.281. The largest absolute Gasteiger partial charge is 0.497 e. The van der Waals surface area contributed by atoms with Gasteiger partial charge in [-0.05, 0) is 56.2 Å². The highest BCUT2D eigenvalue weighted by molar-refractivity contribution is 7.89. The van der Waals surface area contributed by atoms with Gasteiger partial charge in [0.1, 0.15) is 23.4 Å². The second-order valence-electron chi connectivity index (χ2n) is 10.8. The van der Waals surface area contributed by atoms with Gasteiger partial charge in [-0.3, -0.25) is 0 Å². The van der Waals surface area contributed by atoms with Gasteiger partial charge in [-0.15, -0.1) is 0 Å². The molecule has 1 saturated carbocycles. The monoisotopic (exact) mass is 596 g/mol. The fraction of sp³-hybridized carbons (Fsp3) is 0.344. The summed E-state index contributed by atoms with van der Waals surface area (Å²) < 4.78 is 41.0. The van der Waals surface area contributed by atoms with E-state index in [9.17, 15) is 13.7 Å². The summed E-state index contributed by atoms with van der Waals surface area (Å²) in [6.45, 7) is 4.29. The molecular weight excluding hydrogens is 564 g/mol. The highest BCUT2D eigenvalue weighted by Crippen LogP contribution is 2.46. The Morgan fingerprint density at radius 2 is 1.86 bits per heavy atom. The van der Waals surface area contributed by atoms with Crippen molar-refractivity contribution in [3.8, 4) is 40.5 Å². The van der Waals surface area contributed by atoms with E-state index in [-0.39, 0.29) is 5.75 Å². The number of ether oxygens (including phenoxy) is 2. The zero-order chi connectivity index (χ0) is 30.0. The number of anilines is 1. The molecule has 0 amide bonds. The standard InChI is InChI=1S/C32H32N6O4S/c1-3-42-28-18-29(31-26(19-33)21-35-38(31)22-28)25-7-8-30(34-20-25)36-13-15-37(16-14-36)43(39,40)23-32(11-12-32)10-9-24-5-4-6-27(17-24)41-2/h4-8,17-18,20-22H,3,11-16,23H2,1-2H3. The average Bonchev–Trinajstić information content (AvgIpc) is 3.66. The molecule has 2 aliphatic rings.